The molecule has 6 nitrogen and oxygen atoms in total. The number of likely N-dealkylation sites (tertiary alicyclic amines) is 1. The molecule has 3 heterocycles. The van der Waals surface area contributed by atoms with Gasteiger partial charge in [-0.3, -0.25) is 4.79 Å². The second-order valence-corrected chi connectivity index (χ2v) is 8.03. The van der Waals surface area contributed by atoms with Crippen molar-refractivity contribution in [2.75, 3.05) is 43.5 Å². The number of hydrogen-bond donors (Lipinski definition) is 0. The number of nitrogens with zero attached hydrogens (tertiary/aromatic N) is 5. The topological polar surface area (TPSA) is 52.6 Å². The lowest BCUT2D eigenvalue weighted by atomic mass is 9.92. The minimum absolute atomic E-state index is 0.279. The van der Waals surface area contributed by atoms with Crippen LogP contribution in [0, 0.1) is 5.92 Å². The first-order valence-corrected chi connectivity index (χ1v) is 10.2. The third kappa shape index (κ3) is 3.96. The van der Waals surface area contributed by atoms with Crippen LogP contribution in [0.1, 0.15) is 24.8 Å². The van der Waals surface area contributed by atoms with E-state index in [2.05, 4.69) is 26.9 Å². The Morgan fingerprint density at radius 2 is 1.93 bits per heavy atom. The molecule has 0 radical (unpaired) electrons. The van der Waals surface area contributed by atoms with Gasteiger partial charge in [-0.1, -0.05) is 30.3 Å². The van der Waals surface area contributed by atoms with Crippen LogP contribution >= 0.6 is 0 Å². The van der Waals surface area contributed by atoms with E-state index in [0.29, 0.717) is 12.3 Å². The molecule has 28 heavy (non-hydrogen) atoms. The maximum absolute atomic E-state index is 12.9. The van der Waals surface area contributed by atoms with Crippen LogP contribution < -0.4 is 9.80 Å². The average molecular weight is 380 g/mol. The Bertz CT molecular complexity index is 810. The fourth-order valence-electron chi connectivity index (χ4n) is 4.41. The van der Waals surface area contributed by atoms with E-state index in [1.807, 2.05) is 49.5 Å². The van der Waals surface area contributed by atoms with Gasteiger partial charge in [-0.05, 0) is 36.8 Å². The van der Waals surface area contributed by atoms with Crippen molar-refractivity contribution < 1.29 is 4.79 Å². The highest BCUT2D eigenvalue weighted by Gasteiger charge is 2.40. The minimum Gasteiger partial charge on any atom is -0.363 e. The molecule has 148 valence electrons. The Morgan fingerprint density at radius 1 is 1.14 bits per heavy atom. The first-order chi connectivity index (χ1) is 13.6. The van der Waals surface area contributed by atoms with Gasteiger partial charge in [0, 0.05) is 46.3 Å². The van der Waals surface area contributed by atoms with Gasteiger partial charge in [-0.25, -0.2) is 4.98 Å². The number of aromatic nitrogens is 2. The average Bonchev–Trinajstić information content (AvgIpc) is 3.16. The lowest BCUT2D eigenvalue weighted by Gasteiger charge is -2.38. The molecule has 2 aromatic rings. The molecule has 1 aromatic carbocycles. The van der Waals surface area contributed by atoms with Crippen LogP contribution in [0.5, 0.6) is 0 Å². The van der Waals surface area contributed by atoms with Crippen molar-refractivity contribution in [3.63, 3.8) is 0 Å². The summed E-state index contributed by atoms with van der Waals surface area (Å²) in [6, 6.07) is 12.5. The quantitative estimate of drug-likeness (QED) is 0.799. The highest BCUT2D eigenvalue weighted by atomic mass is 16.2. The molecule has 2 fully saturated rings. The molecule has 0 N–H and O–H groups in total. The molecule has 2 unspecified atom stereocenters. The Kier molecular flexibility index (Phi) is 5.46. The van der Waals surface area contributed by atoms with Gasteiger partial charge in [-0.15, -0.1) is 0 Å². The number of amides is 1. The largest absolute Gasteiger partial charge is 0.363 e. The summed E-state index contributed by atoms with van der Waals surface area (Å²) in [6.45, 7) is 2.68. The number of rotatable bonds is 5. The van der Waals surface area contributed by atoms with Crippen molar-refractivity contribution in [2.45, 2.75) is 31.7 Å². The Hall–Kier alpha value is -2.63. The molecular formula is C22H29N5O. The first-order valence-electron chi connectivity index (χ1n) is 10.2. The highest BCUT2D eigenvalue weighted by Crippen LogP contribution is 2.33. The summed E-state index contributed by atoms with van der Waals surface area (Å²) in [7, 11) is 3.98. The van der Waals surface area contributed by atoms with Crippen molar-refractivity contribution in [1.29, 1.82) is 0 Å². The fourth-order valence-corrected chi connectivity index (χ4v) is 4.41. The summed E-state index contributed by atoms with van der Waals surface area (Å²) in [5.74, 6) is 2.57. The van der Waals surface area contributed by atoms with Crippen LogP contribution in [-0.2, 0) is 11.2 Å². The van der Waals surface area contributed by atoms with Gasteiger partial charge in [0.05, 0.1) is 6.04 Å². The smallest absolute Gasteiger partial charge is 0.227 e. The normalized spacial score (nSPS) is 21.5. The third-order valence-electron chi connectivity index (χ3n) is 6.02. The van der Waals surface area contributed by atoms with E-state index in [-0.39, 0.29) is 11.9 Å². The molecule has 2 saturated heterocycles. The molecule has 2 aliphatic rings. The number of benzene rings is 1. The summed E-state index contributed by atoms with van der Waals surface area (Å²) in [5, 5.41) is 0. The standard InChI is InChI=1S/C22H29N5O/c1-25(2)20-10-13-23-22(24-20)26-14-11-18-12-15-27(19(18)16-26)21(28)9-8-17-6-4-3-5-7-17/h3-7,10,13,18-19H,8-9,11-12,14-16H2,1-2H3. The van der Waals surface area contributed by atoms with Crippen molar-refractivity contribution in [2.24, 2.45) is 5.92 Å². The van der Waals surface area contributed by atoms with Crippen molar-refractivity contribution >= 4 is 17.7 Å². The number of anilines is 2. The molecule has 0 aliphatic carbocycles. The third-order valence-corrected chi connectivity index (χ3v) is 6.02. The number of piperidine rings is 1. The van der Waals surface area contributed by atoms with Gasteiger partial charge in [0.1, 0.15) is 5.82 Å². The van der Waals surface area contributed by atoms with E-state index in [1.165, 1.54) is 5.56 Å². The molecule has 0 bridgehead atoms. The van der Waals surface area contributed by atoms with Gasteiger partial charge < -0.3 is 14.7 Å². The van der Waals surface area contributed by atoms with Gasteiger partial charge in [0.25, 0.3) is 0 Å². The zero-order valence-corrected chi connectivity index (χ0v) is 16.8. The maximum Gasteiger partial charge on any atom is 0.227 e. The molecule has 1 aromatic heterocycles. The lowest BCUT2D eigenvalue weighted by Crippen LogP contribution is -2.50. The van der Waals surface area contributed by atoms with Crippen molar-refractivity contribution in [3.05, 3.63) is 48.2 Å². The maximum atomic E-state index is 12.9. The highest BCUT2D eigenvalue weighted by molar-refractivity contribution is 5.77. The van der Waals surface area contributed by atoms with Crippen molar-refractivity contribution in [1.82, 2.24) is 14.9 Å². The van der Waals surface area contributed by atoms with Crippen LogP contribution in [0.3, 0.4) is 0 Å². The number of carbonyl (C=O) groups is 1. The van der Waals surface area contributed by atoms with E-state index >= 15 is 0 Å². The lowest BCUT2D eigenvalue weighted by molar-refractivity contribution is -0.132. The fraction of sp³-hybridized carbons (Fsp3) is 0.500. The van der Waals surface area contributed by atoms with Crippen LogP contribution in [-0.4, -0.2) is 60.5 Å². The second kappa shape index (κ2) is 8.17. The SMILES string of the molecule is CN(C)c1ccnc(N2CCC3CCN(C(=O)CCc4ccccc4)C3C2)n1. The van der Waals surface area contributed by atoms with Crippen LogP contribution in [0.2, 0.25) is 0 Å². The molecule has 4 rings (SSSR count). The van der Waals surface area contributed by atoms with Gasteiger partial charge in [0.15, 0.2) is 0 Å². The number of carbonyl (C=O) groups excluding carboxylic acids is 1. The molecule has 6 heteroatoms. The summed E-state index contributed by atoms with van der Waals surface area (Å²) in [6.07, 6.45) is 5.43. The Balaban J connectivity index is 1.42. The predicted octanol–water partition coefficient (Wildman–Crippen LogP) is 2.60. The van der Waals surface area contributed by atoms with E-state index in [9.17, 15) is 4.79 Å². The molecule has 1 amide bonds. The monoisotopic (exact) mass is 379 g/mol. The number of hydrogen-bond acceptors (Lipinski definition) is 5. The van der Waals surface area contributed by atoms with Crippen LogP contribution in [0.25, 0.3) is 0 Å². The molecular weight excluding hydrogens is 350 g/mol. The second-order valence-electron chi connectivity index (χ2n) is 8.03. The van der Waals surface area contributed by atoms with Gasteiger partial charge in [-0.2, -0.15) is 4.98 Å². The summed E-state index contributed by atoms with van der Waals surface area (Å²) < 4.78 is 0. The minimum atomic E-state index is 0.279. The molecule has 2 aliphatic heterocycles. The zero-order valence-electron chi connectivity index (χ0n) is 16.8. The van der Waals surface area contributed by atoms with Gasteiger partial charge in [0.2, 0.25) is 11.9 Å². The Labute approximate surface area is 167 Å². The first kappa shape index (κ1) is 18.7. The van der Waals surface area contributed by atoms with Crippen molar-refractivity contribution in [3.8, 4) is 0 Å². The summed E-state index contributed by atoms with van der Waals surface area (Å²) in [5.41, 5.74) is 1.23. The van der Waals surface area contributed by atoms with E-state index in [1.54, 1.807) is 0 Å². The van der Waals surface area contributed by atoms with E-state index in [4.69, 9.17) is 4.98 Å². The number of fused-ring (bicyclic) bond motifs is 1. The predicted molar refractivity (Wildman–Crippen MR) is 112 cm³/mol. The van der Waals surface area contributed by atoms with Crippen LogP contribution in [0.15, 0.2) is 42.6 Å². The van der Waals surface area contributed by atoms with E-state index < -0.39 is 0 Å². The molecule has 2 atom stereocenters. The Morgan fingerprint density at radius 3 is 2.71 bits per heavy atom. The molecule has 0 spiro atoms. The summed E-state index contributed by atoms with van der Waals surface area (Å²) >= 11 is 0. The van der Waals surface area contributed by atoms with Crippen LogP contribution in [0.4, 0.5) is 11.8 Å². The van der Waals surface area contributed by atoms with E-state index in [0.717, 1.165) is 50.7 Å². The zero-order chi connectivity index (χ0) is 19.5. The number of aryl methyl sites for hydroxylation is 1. The molecule has 0 saturated carbocycles. The summed E-state index contributed by atoms with van der Waals surface area (Å²) in [4.78, 5) is 28.5. The van der Waals surface area contributed by atoms with Gasteiger partial charge >= 0.3 is 0 Å².